The van der Waals surface area contributed by atoms with Crippen molar-refractivity contribution < 1.29 is 4.74 Å². The molecule has 0 aliphatic heterocycles. The van der Waals surface area contributed by atoms with E-state index in [1.807, 2.05) is 12.1 Å². The minimum atomic E-state index is 0. The van der Waals surface area contributed by atoms with Crippen molar-refractivity contribution in [3.8, 4) is 5.75 Å². The van der Waals surface area contributed by atoms with Gasteiger partial charge in [0, 0.05) is 11.6 Å². The van der Waals surface area contributed by atoms with Gasteiger partial charge in [-0.15, -0.1) is 12.4 Å². The van der Waals surface area contributed by atoms with Crippen molar-refractivity contribution >= 4 is 12.4 Å². The molecule has 0 saturated carbocycles. The van der Waals surface area contributed by atoms with Crippen LogP contribution in [0.25, 0.3) is 0 Å². The van der Waals surface area contributed by atoms with E-state index in [1.54, 1.807) is 7.11 Å². The van der Waals surface area contributed by atoms with Crippen LogP contribution in [0.1, 0.15) is 23.6 Å². The molecule has 1 aliphatic rings. The summed E-state index contributed by atoms with van der Waals surface area (Å²) in [4.78, 5) is 0. The first-order chi connectivity index (χ1) is 5.83. The number of nitrogens with two attached hydrogens (primary N) is 1. The number of benzene rings is 1. The van der Waals surface area contributed by atoms with Gasteiger partial charge >= 0.3 is 0 Å². The van der Waals surface area contributed by atoms with E-state index < -0.39 is 0 Å². The summed E-state index contributed by atoms with van der Waals surface area (Å²) in [5.41, 5.74) is 8.50. The molecule has 1 atom stereocenters. The largest absolute Gasteiger partial charge is 0.496 e. The van der Waals surface area contributed by atoms with Crippen molar-refractivity contribution in [3.05, 3.63) is 29.3 Å². The highest BCUT2D eigenvalue weighted by Crippen LogP contribution is 2.35. The average molecular weight is 200 g/mol. The molecule has 2 N–H and O–H groups in total. The van der Waals surface area contributed by atoms with Gasteiger partial charge < -0.3 is 10.5 Å². The molecule has 0 bridgehead atoms. The Kier molecular flexibility index (Phi) is 3.17. The van der Waals surface area contributed by atoms with Crippen molar-refractivity contribution in [2.24, 2.45) is 5.73 Å². The van der Waals surface area contributed by atoms with E-state index in [0.29, 0.717) is 0 Å². The van der Waals surface area contributed by atoms with Gasteiger partial charge in [-0.1, -0.05) is 12.1 Å². The van der Waals surface area contributed by atoms with Crippen molar-refractivity contribution in [2.75, 3.05) is 7.11 Å². The Hall–Kier alpha value is -0.730. The highest BCUT2D eigenvalue weighted by Gasteiger charge is 2.22. The number of aryl methyl sites for hydroxylation is 1. The molecule has 0 amide bonds. The SMILES string of the molecule is COc1cccc2c1C(N)CC2.Cl. The zero-order chi connectivity index (χ0) is 8.55. The number of halogens is 1. The Morgan fingerprint density at radius 3 is 2.92 bits per heavy atom. The summed E-state index contributed by atoms with van der Waals surface area (Å²) < 4.78 is 5.25. The Morgan fingerprint density at radius 2 is 2.23 bits per heavy atom. The summed E-state index contributed by atoms with van der Waals surface area (Å²) in [6, 6.07) is 6.31. The van der Waals surface area contributed by atoms with Crippen LogP contribution in [0.5, 0.6) is 5.75 Å². The number of rotatable bonds is 1. The summed E-state index contributed by atoms with van der Waals surface area (Å²) in [6.45, 7) is 0. The lowest BCUT2D eigenvalue weighted by Gasteiger charge is -2.09. The van der Waals surface area contributed by atoms with E-state index in [4.69, 9.17) is 10.5 Å². The second-order valence-electron chi connectivity index (χ2n) is 3.18. The minimum Gasteiger partial charge on any atom is -0.496 e. The molecule has 0 fully saturated rings. The topological polar surface area (TPSA) is 35.2 Å². The first kappa shape index (κ1) is 10.4. The molecular weight excluding hydrogens is 186 g/mol. The van der Waals surface area contributed by atoms with Crippen LogP contribution >= 0.6 is 12.4 Å². The molecule has 13 heavy (non-hydrogen) atoms. The summed E-state index contributed by atoms with van der Waals surface area (Å²) >= 11 is 0. The van der Waals surface area contributed by atoms with Crippen LogP contribution in [-0.4, -0.2) is 7.11 Å². The number of ether oxygens (including phenoxy) is 1. The molecule has 0 spiro atoms. The van der Waals surface area contributed by atoms with Gasteiger partial charge in [0.05, 0.1) is 7.11 Å². The summed E-state index contributed by atoms with van der Waals surface area (Å²) in [6.07, 6.45) is 2.14. The number of methoxy groups -OCH3 is 1. The third-order valence-corrected chi connectivity index (χ3v) is 2.47. The van der Waals surface area contributed by atoms with Crippen molar-refractivity contribution in [1.29, 1.82) is 0 Å². The number of hydrogen-bond donors (Lipinski definition) is 1. The van der Waals surface area contributed by atoms with E-state index in [9.17, 15) is 0 Å². The number of hydrogen-bond acceptors (Lipinski definition) is 2. The number of fused-ring (bicyclic) bond motifs is 1. The molecule has 0 radical (unpaired) electrons. The highest BCUT2D eigenvalue weighted by molar-refractivity contribution is 5.85. The average Bonchev–Trinajstić information content (AvgIpc) is 2.48. The zero-order valence-electron chi connectivity index (χ0n) is 7.62. The zero-order valence-corrected chi connectivity index (χ0v) is 8.43. The molecule has 2 rings (SSSR count). The quantitative estimate of drug-likeness (QED) is 0.752. The maximum absolute atomic E-state index is 5.94. The lowest BCUT2D eigenvalue weighted by molar-refractivity contribution is 0.407. The molecule has 1 aliphatic carbocycles. The fraction of sp³-hybridized carbons (Fsp3) is 0.400. The molecule has 3 heteroatoms. The summed E-state index contributed by atoms with van der Waals surface area (Å²) in [7, 11) is 1.70. The van der Waals surface area contributed by atoms with Gasteiger partial charge in [-0.2, -0.15) is 0 Å². The molecule has 72 valence electrons. The lowest BCUT2D eigenvalue weighted by atomic mass is 10.1. The van der Waals surface area contributed by atoms with Crippen molar-refractivity contribution in [2.45, 2.75) is 18.9 Å². The molecule has 0 aromatic heterocycles. The van der Waals surface area contributed by atoms with Crippen LogP contribution in [0.15, 0.2) is 18.2 Å². The smallest absolute Gasteiger partial charge is 0.123 e. The monoisotopic (exact) mass is 199 g/mol. The van der Waals surface area contributed by atoms with Crippen LogP contribution < -0.4 is 10.5 Å². The van der Waals surface area contributed by atoms with Gasteiger partial charge in [0.1, 0.15) is 5.75 Å². The molecule has 1 aromatic rings. The Labute approximate surface area is 84.5 Å². The van der Waals surface area contributed by atoms with Crippen LogP contribution in [0.4, 0.5) is 0 Å². The lowest BCUT2D eigenvalue weighted by Crippen LogP contribution is -2.06. The van der Waals surface area contributed by atoms with E-state index in [-0.39, 0.29) is 18.4 Å². The first-order valence-electron chi connectivity index (χ1n) is 4.24. The molecule has 0 heterocycles. The van der Waals surface area contributed by atoms with Crippen LogP contribution in [0, 0.1) is 0 Å². The normalized spacial score (nSPS) is 19.1. The first-order valence-corrected chi connectivity index (χ1v) is 4.24. The summed E-state index contributed by atoms with van der Waals surface area (Å²) in [5.74, 6) is 0.942. The minimum absolute atomic E-state index is 0. The van der Waals surface area contributed by atoms with Crippen molar-refractivity contribution in [1.82, 2.24) is 0 Å². The molecule has 0 saturated heterocycles. The fourth-order valence-corrected chi connectivity index (χ4v) is 1.86. The standard InChI is InChI=1S/C10H13NO.ClH/c1-12-9-4-2-3-7-5-6-8(11)10(7)9;/h2-4,8H,5-6,11H2,1H3;1H. The molecule has 1 unspecified atom stereocenters. The Morgan fingerprint density at radius 1 is 1.46 bits per heavy atom. The summed E-state index contributed by atoms with van der Waals surface area (Å²) in [5, 5.41) is 0. The van der Waals surface area contributed by atoms with Gasteiger partial charge in [0.2, 0.25) is 0 Å². The van der Waals surface area contributed by atoms with Gasteiger partial charge in [-0.25, -0.2) is 0 Å². The molecular formula is C10H14ClNO. The van der Waals surface area contributed by atoms with Gasteiger partial charge in [0.25, 0.3) is 0 Å². The third-order valence-electron chi connectivity index (χ3n) is 2.47. The van der Waals surface area contributed by atoms with E-state index in [2.05, 4.69) is 6.07 Å². The molecule has 1 aromatic carbocycles. The van der Waals surface area contributed by atoms with Gasteiger partial charge in [0.15, 0.2) is 0 Å². The van der Waals surface area contributed by atoms with Gasteiger partial charge in [-0.3, -0.25) is 0 Å². The maximum Gasteiger partial charge on any atom is 0.123 e. The predicted molar refractivity (Wildman–Crippen MR) is 55.5 cm³/mol. The predicted octanol–water partition coefficient (Wildman–Crippen LogP) is 2.06. The van der Waals surface area contributed by atoms with Crippen LogP contribution in [0.2, 0.25) is 0 Å². The Balaban J connectivity index is 0.000000845. The third kappa shape index (κ3) is 1.64. The van der Waals surface area contributed by atoms with Gasteiger partial charge in [-0.05, 0) is 24.5 Å². The second-order valence-corrected chi connectivity index (χ2v) is 3.18. The van der Waals surface area contributed by atoms with E-state index >= 15 is 0 Å². The van der Waals surface area contributed by atoms with E-state index in [1.165, 1.54) is 11.1 Å². The van der Waals surface area contributed by atoms with Crippen LogP contribution in [-0.2, 0) is 6.42 Å². The van der Waals surface area contributed by atoms with Crippen molar-refractivity contribution in [3.63, 3.8) is 0 Å². The van der Waals surface area contributed by atoms with E-state index in [0.717, 1.165) is 18.6 Å². The fourth-order valence-electron chi connectivity index (χ4n) is 1.86. The second kappa shape index (κ2) is 3.99. The highest BCUT2D eigenvalue weighted by atomic mass is 35.5. The van der Waals surface area contributed by atoms with Crippen LogP contribution in [0.3, 0.4) is 0 Å². The maximum atomic E-state index is 5.94. The molecule has 2 nitrogen and oxygen atoms in total. The Bertz CT molecular complexity index is 301.